The van der Waals surface area contributed by atoms with Crippen LogP contribution < -0.4 is 0 Å². The van der Waals surface area contributed by atoms with Gasteiger partial charge in [0, 0.05) is 24.4 Å². The number of rotatable bonds is 8. The highest BCUT2D eigenvalue weighted by Crippen LogP contribution is 2.45. The molecule has 1 N–H and O–H groups in total. The van der Waals surface area contributed by atoms with Crippen LogP contribution in [0.5, 0.6) is 0 Å². The van der Waals surface area contributed by atoms with Crippen LogP contribution in [-0.4, -0.2) is 27.5 Å². The third-order valence-electron chi connectivity index (χ3n) is 8.04. The summed E-state index contributed by atoms with van der Waals surface area (Å²) in [4.78, 5) is 11.0. The molecule has 2 aliphatic rings. The number of benzene rings is 3. The highest BCUT2D eigenvalue weighted by atomic mass is 16.5. The maximum Gasteiger partial charge on any atom is 0.328 e. The molecule has 1 aromatic heterocycles. The lowest BCUT2D eigenvalue weighted by Gasteiger charge is -2.31. The third-order valence-corrected chi connectivity index (χ3v) is 8.04. The summed E-state index contributed by atoms with van der Waals surface area (Å²) in [7, 11) is 0. The van der Waals surface area contributed by atoms with E-state index in [1.54, 1.807) is 6.08 Å². The van der Waals surface area contributed by atoms with Crippen LogP contribution in [0.15, 0.2) is 97.3 Å². The summed E-state index contributed by atoms with van der Waals surface area (Å²) in [6.07, 6.45) is 13.8. The Morgan fingerprint density at radius 2 is 1.55 bits per heavy atom. The molecule has 1 atom stereocenters. The van der Waals surface area contributed by atoms with Crippen LogP contribution in [0.3, 0.4) is 0 Å². The largest absolute Gasteiger partial charge is 0.478 e. The second-order valence-corrected chi connectivity index (χ2v) is 10.7. The van der Waals surface area contributed by atoms with Crippen LogP contribution >= 0.6 is 0 Å². The molecule has 40 heavy (non-hydrogen) atoms. The van der Waals surface area contributed by atoms with E-state index in [0.717, 1.165) is 41.7 Å². The molecule has 6 rings (SSSR count). The summed E-state index contributed by atoms with van der Waals surface area (Å²) < 4.78 is 7.87. The zero-order chi connectivity index (χ0) is 27.3. The van der Waals surface area contributed by atoms with E-state index in [1.165, 1.54) is 54.0 Å². The van der Waals surface area contributed by atoms with Crippen molar-refractivity contribution in [1.82, 2.24) is 9.78 Å². The minimum Gasteiger partial charge on any atom is -0.478 e. The Kier molecular flexibility index (Phi) is 7.73. The number of nitrogens with zero attached hydrogens (tertiary/aromatic N) is 2. The Morgan fingerprint density at radius 3 is 2.17 bits per heavy atom. The minimum atomic E-state index is -0.946. The molecule has 5 heteroatoms. The molecule has 0 radical (unpaired) electrons. The molecule has 5 nitrogen and oxygen atoms in total. The number of allylic oxidation sites excluding steroid dienone is 1. The quantitative estimate of drug-likeness (QED) is 0.185. The molecule has 0 spiro atoms. The van der Waals surface area contributed by atoms with E-state index < -0.39 is 5.97 Å². The Hall–Kier alpha value is -4.22. The number of aliphatic carboxylic acids is 1. The lowest BCUT2D eigenvalue weighted by Crippen LogP contribution is -2.18. The van der Waals surface area contributed by atoms with Gasteiger partial charge in [-0.3, -0.25) is 0 Å². The van der Waals surface area contributed by atoms with Crippen LogP contribution in [0.25, 0.3) is 28.3 Å². The number of hydrogen-bond acceptors (Lipinski definition) is 3. The van der Waals surface area contributed by atoms with Crippen LogP contribution in [0.1, 0.15) is 67.0 Å². The van der Waals surface area contributed by atoms with E-state index in [9.17, 15) is 4.79 Å². The van der Waals surface area contributed by atoms with E-state index >= 15 is 0 Å². The predicted molar refractivity (Wildman–Crippen MR) is 159 cm³/mol. The van der Waals surface area contributed by atoms with Gasteiger partial charge in [0.1, 0.15) is 6.23 Å². The van der Waals surface area contributed by atoms with Gasteiger partial charge in [-0.2, -0.15) is 5.10 Å². The highest BCUT2D eigenvalue weighted by molar-refractivity contribution is 6.00. The molecule has 0 amide bonds. The Labute approximate surface area is 235 Å². The van der Waals surface area contributed by atoms with Crippen LogP contribution in [-0.2, 0) is 9.53 Å². The van der Waals surface area contributed by atoms with Crippen LogP contribution in [0, 0.1) is 5.92 Å². The summed E-state index contributed by atoms with van der Waals surface area (Å²) in [5, 5.41) is 13.6. The molecule has 4 aromatic rings. The van der Waals surface area contributed by atoms with Crippen molar-refractivity contribution in [2.45, 2.75) is 44.8 Å². The van der Waals surface area contributed by atoms with Gasteiger partial charge in [-0.05, 0) is 83.1 Å². The molecular weight excluding hydrogens is 496 g/mol. The van der Waals surface area contributed by atoms with Crippen molar-refractivity contribution >= 4 is 23.2 Å². The van der Waals surface area contributed by atoms with Gasteiger partial charge in [-0.1, -0.05) is 85.3 Å². The number of aromatic nitrogens is 2. The van der Waals surface area contributed by atoms with Gasteiger partial charge in [0.15, 0.2) is 0 Å². The molecule has 3 aromatic carbocycles. The summed E-state index contributed by atoms with van der Waals surface area (Å²) in [5.74, 6) is -0.435. The average Bonchev–Trinajstić information content (AvgIpc) is 3.47. The molecule has 1 aliphatic heterocycles. The first-order valence-electron chi connectivity index (χ1n) is 14.2. The van der Waals surface area contributed by atoms with Crippen LogP contribution in [0.4, 0.5) is 0 Å². The number of carboxylic acid groups (broad SMARTS) is 1. The lowest BCUT2D eigenvalue weighted by molar-refractivity contribution is -0.131. The van der Waals surface area contributed by atoms with Crippen molar-refractivity contribution in [1.29, 1.82) is 0 Å². The normalized spacial score (nSPS) is 18.4. The standard InChI is InChI=1S/C35H34N2O3/c38-33(39)21-14-25-12-15-29(16-13-25)35(34(28-9-6-10-28)27-7-2-1-3-8-27)30-19-17-26(18-20-30)31-23-36-37(24-31)32-11-4-5-22-40-32/h1-3,7-8,12-21,23-24,28,32H,4-6,9-11,22H2,(H,38,39)/b21-14?,35-34-. The zero-order valence-electron chi connectivity index (χ0n) is 22.6. The Bertz CT molecular complexity index is 1510. The maximum absolute atomic E-state index is 11.0. The molecular formula is C35H34N2O3. The van der Waals surface area contributed by atoms with Crippen molar-refractivity contribution in [2.75, 3.05) is 6.61 Å². The first kappa shape index (κ1) is 26.0. The van der Waals surface area contributed by atoms with Crippen molar-refractivity contribution < 1.29 is 14.6 Å². The lowest BCUT2D eigenvalue weighted by atomic mass is 9.73. The fourth-order valence-electron chi connectivity index (χ4n) is 5.71. The molecule has 1 saturated heterocycles. The SMILES string of the molecule is O=C(O)C=Cc1ccc(/C(=C(\c2ccccc2)C2CCC2)c2ccc(-c3cnn(C4CCCCO4)c3)cc2)cc1. The average molecular weight is 531 g/mol. The molecule has 1 saturated carbocycles. The molecule has 0 bridgehead atoms. The van der Waals surface area contributed by atoms with Crippen molar-refractivity contribution in [3.05, 3.63) is 120 Å². The zero-order valence-corrected chi connectivity index (χ0v) is 22.6. The first-order valence-corrected chi connectivity index (χ1v) is 14.2. The van der Waals surface area contributed by atoms with E-state index in [-0.39, 0.29) is 6.23 Å². The van der Waals surface area contributed by atoms with Gasteiger partial charge < -0.3 is 9.84 Å². The number of carbonyl (C=O) groups is 1. The highest BCUT2D eigenvalue weighted by Gasteiger charge is 2.27. The van der Waals surface area contributed by atoms with Gasteiger partial charge in [-0.15, -0.1) is 0 Å². The minimum absolute atomic E-state index is 0.0283. The summed E-state index contributed by atoms with van der Waals surface area (Å²) in [6, 6.07) is 27.8. The van der Waals surface area contributed by atoms with Crippen molar-refractivity contribution in [2.24, 2.45) is 5.92 Å². The van der Waals surface area contributed by atoms with Gasteiger partial charge in [0.2, 0.25) is 0 Å². The van der Waals surface area contributed by atoms with E-state index in [4.69, 9.17) is 9.84 Å². The second kappa shape index (κ2) is 11.9. The van der Waals surface area contributed by atoms with E-state index in [0.29, 0.717) is 5.92 Å². The fraction of sp³-hybridized carbons (Fsp3) is 0.257. The Morgan fingerprint density at radius 1 is 0.825 bits per heavy atom. The Balaban J connectivity index is 1.39. The molecule has 202 valence electrons. The fourth-order valence-corrected chi connectivity index (χ4v) is 5.71. The summed E-state index contributed by atoms with van der Waals surface area (Å²) >= 11 is 0. The number of hydrogen-bond donors (Lipinski definition) is 1. The number of carboxylic acids is 1. The van der Waals surface area contributed by atoms with Gasteiger partial charge >= 0.3 is 5.97 Å². The van der Waals surface area contributed by atoms with Gasteiger partial charge in [0.25, 0.3) is 0 Å². The van der Waals surface area contributed by atoms with Gasteiger partial charge in [-0.25, -0.2) is 9.48 Å². The summed E-state index contributed by atoms with van der Waals surface area (Å²) in [6.45, 7) is 0.797. The van der Waals surface area contributed by atoms with Crippen molar-refractivity contribution in [3.63, 3.8) is 0 Å². The molecule has 2 fully saturated rings. The van der Waals surface area contributed by atoms with Gasteiger partial charge in [0.05, 0.1) is 6.20 Å². The topological polar surface area (TPSA) is 64.3 Å². The monoisotopic (exact) mass is 530 g/mol. The molecule has 1 unspecified atom stereocenters. The summed E-state index contributed by atoms with van der Waals surface area (Å²) in [5.41, 5.74) is 9.27. The predicted octanol–water partition coefficient (Wildman–Crippen LogP) is 8.11. The molecule has 1 aliphatic carbocycles. The van der Waals surface area contributed by atoms with E-state index in [2.05, 4.69) is 78.0 Å². The smallest absolute Gasteiger partial charge is 0.328 e. The third kappa shape index (κ3) is 5.70. The number of ether oxygens (including phenoxy) is 1. The van der Waals surface area contributed by atoms with Crippen LogP contribution in [0.2, 0.25) is 0 Å². The van der Waals surface area contributed by atoms with E-state index in [1.807, 2.05) is 23.0 Å². The second-order valence-electron chi connectivity index (χ2n) is 10.7. The van der Waals surface area contributed by atoms with Crippen molar-refractivity contribution in [3.8, 4) is 11.1 Å². The maximum atomic E-state index is 11.0. The molecule has 2 heterocycles. The first-order chi connectivity index (χ1) is 19.7.